The fourth-order valence-electron chi connectivity index (χ4n) is 3.97. The van der Waals surface area contributed by atoms with Crippen LogP contribution in [0.1, 0.15) is 29.6 Å². The minimum Gasteiger partial charge on any atom is -0.380 e. The molecule has 2 fully saturated rings. The Morgan fingerprint density at radius 3 is 2.14 bits per heavy atom. The highest BCUT2D eigenvalue weighted by Crippen LogP contribution is 2.37. The molecule has 0 spiro atoms. The third kappa shape index (κ3) is 6.35. The summed E-state index contributed by atoms with van der Waals surface area (Å²) in [5, 5.41) is 10.0. The molecule has 1 heterocycles. The Kier molecular flexibility index (Phi) is 7.02. The number of benzene rings is 2. The van der Waals surface area contributed by atoms with E-state index in [1.807, 2.05) is 0 Å². The number of halogens is 3. The van der Waals surface area contributed by atoms with Gasteiger partial charge in [-0.15, -0.1) is 0 Å². The van der Waals surface area contributed by atoms with Crippen molar-refractivity contribution in [2.45, 2.75) is 31.0 Å². The molecule has 1 saturated heterocycles. The van der Waals surface area contributed by atoms with E-state index in [2.05, 4.69) is 4.72 Å². The average molecular weight is 526 g/mol. The summed E-state index contributed by atoms with van der Waals surface area (Å²) in [6.45, 7) is 1.44. The number of hydrogen-bond acceptors (Lipinski definition) is 5. The summed E-state index contributed by atoms with van der Waals surface area (Å²) in [6.07, 6.45) is -5.06. The van der Waals surface area contributed by atoms with E-state index in [0.717, 1.165) is 0 Å². The summed E-state index contributed by atoms with van der Waals surface area (Å²) in [4.78, 5) is 28.4. The van der Waals surface area contributed by atoms with Gasteiger partial charge in [0.05, 0.1) is 12.2 Å². The lowest BCUT2D eigenvalue weighted by molar-refractivity contribution is -0.144. The fourth-order valence-corrected chi connectivity index (χ4v) is 5.06. The van der Waals surface area contributed by atoms with Crippen LogP contribution in [0, 0.1) is 0 Å². The zero-order chi connectivity index (χ0) is 26.1. The van der Waals surface area contributed by atoms with Gasteiger partial charge in [0.15, 0.2) is 0 Å². The van der Waals surface area contributed by atoms with E-state index in [9.17, 15) is 36.3 Å². The average Bonchev–Trinajstić information content (AvgIpc) is 3.60. The Hall–Kier alpha value is -3.12. The van der Waals surface area contributed by atoms with Crippen LogP contribution in [-0.2, 0) is 14.8 Å². The minimum atomic E-state index is -4.57. The Balaban J connectivity index is 1.37. The summed E-state index contributed by atoms with van der Waals surface area (Å²) in [6, 6.07) is 12.9. The highest BCUT2D eigenvalue weighted by Gasteiger charge is 2.50. The van der Waals surface area contributed by atoms with Crippen molar-refractivity contribution in [1.82, 2.24) is 9.80 Å². The number of nitrogens with one attached hydrogen (secondary N) is 1. The summed E-state index contributed by atoms with van der Waals surface area (Å²) < 4.78 is 63.2. The third-order valence-electron chi connectivity index (χ3n) is 6.23. The van der Waals surface area contributed by atoms with Crippen molar-refractivity contribution < 1.29 is 36.3 Å². The first kappa shape index (κ1) is 26.0. The molecule has 12 heteroatoms. The zero-order valence-electron chi connectivity index (χ0n) is 19.3. The van der Waals surface area contributed by atoms with Crippen LogP contribution in [0.15, 0.2) is 48.5 Å². The number of anilines is 1. The first-order valence-corrected chi connectivity index (χ1v) is 13.1. The molecule has 1 saturated carbocycles. The molecule has 1 aliphatic carbocycles. The largest absolute Gasteiger partial charge is 0.390 e. The summed E-state index contributed by atoms with van der Waals surface area (Å²) in [7, 11) is -4.17. The second kappa shape index (κ2) is 9.74. The zero-order valence-corrected chi connectivity index (χ0v) is 20.1. The molecule has 8 nitrogen and oxygen atoms in total. The van der Waals surface area contributed by atoms with Gasteiger partial charge in [0.25, 0.3) is 11.8 Å². The van der Waals surface area contributed by atoms with Crippen molar-refractivity contribution >= 4 is 27.5 Å². The molecule has 194 valence electrons. The molecule has 0 atom stereocenters. The van der Waals surface area contributed by atoms with Gasteiger partial charge in [-0.2, -0.15) is 13.2 Å². The lowest BCUT2D eigenvalue weighted by atomic mass is 10.0. The van der Waals surface area contributed by atoms with Crippen LogP contribution in [-0.4, -0.2) is 78.8 Å². The Morgan fingerprint density at radius 2 is 1.56 bits per heavy atom. The highest BCUT2D eigenvalue weighted by molar-refractivity contribution is 7.92. The van der Waals surface area contributed by atoms with Crippen molar-refractivity contribution in [3.05, 3.63) is 54.1 Å². The minimum absolute atomic E-state index is 0.137. The number of alkyl halides is 3. The Morgan fingerprint density at radius 1 is 0.944 bits per heavy atom. The van der Waals surface area contributed by atoms with Crippen molar-refractivity contribution in [3.63, 3.8) is 0 Å². The van der Waals surface area contributed by atoms with Gasteiger partial charge in [-0.1, -0.05) is 24.3 Å². The normalized spacial score (nSPS) is 17.6. The quantitative estimate of drug-likeness (QED) is 0.578. The SMILES string of the molecule is O=C(c1ccc(-c2cccc(NS(=O)(=O)CCC(F)(F)F)c2)cc1)N1CCN(C(=O)C2(O)CC2)CC1. The van der Waals surface area contributed by atoms with E-state index in [1.165, 1.54) is 12.1 Å². The number of aliphatic hydroxyl groups is 1. The third-order valence-corrected chi connectivity index (χ3v) is 7.52. The number of sulfonamides is 1. The topological polar surface area (TPSA) is 107 Å². The van der Waals surface area contributed by atoms with E-state index in [-0.39, 0.29) is 17.5 Å². The molecule has 2 N–H and O–H groups in total. The number of carbonyl (C=O) groups is 2. The fraction of sp³-hybridized carbons (Fsp3) is 0.417. The van der Waals surface area contributed by atoms with Crippen LogP contribution in [0.3, 0.4) is 0 Å². The molecule has 4 rings (SSSR count). The first-order chi connectivity index (χ1) is 16.9. The summed E-state index contributed by atoms with van der Waals surface area (Å²) >= 11 is 0. The van der Waals surface area contributed by atoms with Gasteiger partial charge in [-0.3, -0.25) is 14.3 Å². The number of carbonyl (C=O) groups excluding carboxylic acids is 2. The van der Waals surface area contributed by atoms with Gasteiger partial charge in [-0.25, -0.2) is 8.42 Å². The molecule has 0 aromatic heterocycles. The molecule has 1 aliphatic heterocycles. The number of hydrogen-bond donors (Lipinski definition) is 2. The second-order valence-electron chi connectivity index (χ2n) is 9.06. The van der Waals surface area contributed by atoms with Crippen LogP contribution in [0.2, 0.25) is 0 Å². The predicted octanol–water partition coefficient (Wildman–Crippen LogP) is 2.86. The van der Waals surface area contributed by atoms with Gasteiger partial charge >= 0.3 is 6.18 Å². The lowest BCUT2D eigenvalue weighted by Gasteiger charge is -2.35. The number of nitrogens with zero attached hydrogens (tertiary/aromatic N) is 2. The van der Waals surface area contributed by atoms with Crippen molar-refractivity contribution in [2.75, 3.05) is 36.7 Å². The van der Waals surface area contributed by atoms with Gasteiger partial charge in [0.1, 0.15) is 5.60 Å². The van der Waals surface area contributed by atoms with E-state index in [1.54, 1.807) is 46.2 Å². The Labute approximate surface area is 206 Å². The van der Waals surface area contributed by atoms with Crippen LogP contribution in [0.4, 0.5) is 18.9 Å². The molecule has 2 amide bonds. The molecule has 0 bridgehead atoms. The molecule has 0 radical (unpaired) electrons. The maximum absolute atomic E-state index is 12.9. The monoisotopic (exact) mass is 525 g/mol. The van der Waals surface area contributed by atoms with E-state index in [4.69, 9.17) is 0 Å². The summed E-state index contributed by atoms with van der Waals surface area (Å²) in [5.41, 5.74) is 0.676. The molecule has 2 aliphatic rings. The molecule has 2 aromatic rings. The summed E-state index contributed by atoms with van der Waals surface area (Å²) in [5.74, 6) is -1.53. The van der Waals surface area contributed by atoms with Crippen molar-refractivity contribution in [3.8, 4) is 11.1 Å². The van der Waals surface area contributed by atoms with Crippen LogP contribution < -0.4 is 4.72 Å². The predicted molar refractivity (Wildman–Crippen MR) is 127 cm³/mol. The van der Waals surface area contributed by atoms with E-state index >= 15 is 0 Å². The molecule has 36 heavy (non-hydrogen) atoms. The Bertz CT molecular complexity index is 1240. The van der Waals surface area contributed by atoms with Crippen LogP contribution in [0.5, 0.6) is 0 Å². The smallest absolute Gasteiger partial charge is 0.380 e. The molecular weight excluding hydrogens is 499 g/mol. The lowest BCUT2D eigenvalue weighted by Crippen LogP contribution is -2.53. The number of rotatable bonds is 7. The van der Waals surface area contributed by atoms with Crippen molar-refractivity contribution in [1.29, 1.82) is 0 Å². The van der Waals surface area contributed by atoms with Crippen molar-refractivity contribution in [2.24, 2.45) is 0 Å². The van der Waals surface area contributed by atoms with E-state index < -0.39 is 34.0 Å². The molecule has 0 unspecified atom stereocenters. The van der Waals surface area contributed by atoms with E-state index in [0.29, 0.717) is 55.7 Å². The molecular formula is C24H26F3N3O5S. The molecule has 2 aromatic carbocycles. The van der Waals surface area contributed by atoms with Gasteiger partial charge in [0, 0.05) is 37.4 Å². The second-order valence-corrected chi connectivity index (χ2v) is 10.9. The van der Waals surface area contributed by atoms with Gasteiger partial charge in [0.2, 0.25) is 10.0 Å². The first-order valence-electron chi connectivity index (χ1n) is 11.4. The maximum atomic E-state index is 12.9. The number of amides is 2. The van der Waals surface area contributed by atoms with Gasteiger partial charge in [-0.05, 0) is 48.2 Å². The standard InChI is InChI=1S/C24H26F3N3O5S/c25-24(26,27)10-15-36(34,35)28-20-3-1-2-19(16-20)17-4-6-18(7-5-17)21(31)29-11-13-30(14-12-29)22(32)23(33)8-9-23/h1-7,16,28,33H,8-15H2. The van der Waals surface area contributed by atoms with Gasteiger partial charge < -0.3 is 14.9 Å². The van der Waals surface area contributed by atoms with Crippen LogP contribution in [0.25, 0.3) is 11.1 Å². The maximum Gasteiger partial charge on any atom is 0.390 e. The van der Waals surface area contributed by atoms with Crippen LogP contribution >= 0.6 is 0 Å². The number of piperazine rings is 1. The highest BCUT2D eigenvalue weighted by atomic mass is 32.2.